The van der Waals surface area contributed by atoms with Crippen molar-refractivity contribution in [1.82, 2.24) is 10.1 Å². The first-order valence-electron chi connectivity index (χ1n) is 6.93. The van der Waals surface area contributed by atoms with Crippen LogP contribution < -0.4 is 5.73 Å². The highest BCUT2D eigenvalue weighted by atomic mass is 32.2. The van der Waals surface area contributed by atoms with E-state index >= 15 is 0 Å². The molecule has 0 radical (unpaired) electrons. The van der Waals surface area contributed by atoms with E-state index in [1.807, 2.05) is 0 Å². The summed E-state index contributed by atoms with van der Waals surface area (Å²) in [6.45, 7) is 2.09. The third-order valence-electron chi connectivity index (χ3n) is 3.75. The zero-order chi connectivity index (χ0) is 14.0. The summed E-state index contributed by atoms with van der Waals surface area (Å²) in [5, 5.41) is 4.03. The first kappa shape index (κ1) is 13.6. The third-order valence-corrected chi connectivity index (χ3v) is 4.76. The molecule has 0 unspecified atom stereocenters. The van der Waals surface area contributed by atoms with E-state index in [1.165, 1.54) is 16.9 Å². The topological polar surface area (TPSA) is 64.9 Å². The van der Waals surface area contributed by atoms with Gasteiger partial charge in [0.25, 0.3) is 0 Å². The summed E-state index contributed by atoms with van der Waals surface area (Å²) in [4.78, 5) is 5.65. The number of nitrogens with zero attached hydrogens (tertiary/aromatic N) is 2. The van der Waals surface area contributed by atoms with E-state index in [-0.39, 0.29) is 5.54 Å². The number of hydrogen-bond donors (Lipinski definition) is 1. The number of thioether (sulfide) groups is 1. The molecule has 1 aliphatic rings. The number of rotatable bonds is 5. The molecule has 106 valence electrons. The van der Waals surface area contributed by atoms with E-state index in [0.29, 0.717) is 12.3 Å². The van der Waals surface area contributed by atoms with Gasteiger partial charge in [0, 0.05) is 16.9 Å². The number of aromatic nitrogens is 2. The first-order chi connectivity index (χ1) is 9.63. The lowest BCUT2D eigenvalue weighted by atomic mass is 9.75. The average Bonchev–Trinajstić information content (AvgIpc) is 2.84. The molecule has 1 aromatic heterocycles. The summed E-state index contributed by atoms with van der Waals surface area (Å²) in [6, 6.07) is 8.45. The van der Waals surface area contributed by atoms with Crippen LogP contribution in [0.4, 0.5) is 0 Å². The molecule has 4 nitrogen and oxygen atoms in total. The maximum atomic E-state index is 6.19. The van der Waals surface area contributed by atoms with Gasteiger partial charge in [0.2, 0.25) is 5.89 Å². The van der Waals surface area contributed by atoms with Crippen LogP contribution in [0.2, 0.25) is 0 Å². The molecule has 2 N–H and O–H groups in total. The monoisotopic (exact) mass is 289 g/mol. The zero-order valence-corrected chi connectivity index (χ0v) is 12.4. The van der Waals surface area contributed by atoms with E-state index in [1.54, 1.807) is 11.8 Å². The fourth-order valence-corrected chi connectivity index (χ4v) is 3.05. The smallest absolute Gasteiger partial charge is 0.228 e. The van der Waals surface area contributed by atoms with Gasteiger partial charge in [0.1, 0.15) is 0 Å². The molecule has 1 saturated carbocycles. The van der Waals surface area contributed by atoms with Crippen molar-refractivity contribution < 1.29 is 4.52 Å². The highest BCUT2D eigenvalue weighted by molar-refractivity contribution is 7.98. The molecule has 0 atom stereocenters. The van der Waals surface area contributed by atoms with E-state index in [9.17, 15) is 0 Å². The number of nitrogens with two attached hydrogens (primary N) is 1. The second-order valence-electron chi connectivity index (χ2n) is 5.60. The Balaban J connectivity index is 1.55. The molecule has 0 amide bonds. The Morgan fingerprint density at radius 2 is 2.05 bits per heavy atom. The highest BCUT2D eigenvalue weighted by Crippen LogP contribution is 2.32. The highest BCUT2D eigenvalue weighted by Gasteiger charge is 2.34. The molecule has 0 aliphatic heterocycles. The van der Waals surface area contributed by atoms with Crippen molar-refractivity contribution in [3.63, 3.8) is 0 Å². The van der Waals surface area contributed by atoms with Gasteiger partial charge in [-0.1, -0.05) is 22.9 Å². The van der Waals surface area contributed by atoms with Gasteiger partial charge < -0.3 is 10.3 Å². The van der Waals surface area contributed by atoms with Crippen molar-refractivity contribution in [2.45, 2.75) is 48.8 Å². The first-order valence-corrected chi connectivity index (χ1v) is 7.91. The van der Waals surface area contributed by atoms with Crippen molar-refractivity contribution in [2.75, 3.05) is 0 Å². The van der Waals surface area contributed by atoms with Crippen molar-refractivity contribution in [2.24, 2.45) is 5.73 Å². The SMILES string of the molecule is Cc1ccc(SCc2noc(CC3(N)CCC3)n2)cc1. The predicted octanol–water partition coefficient (Wildman–Crippen LogP) is 3.09. The van der Waals surface area contributed by atoms with Crippen molar-refractivity contribution in [3.8, 4) is 0 Å². The van der Waals surface area contributed by atoms with Crippen molar-refractivity contribution >= 4 is 11.8 Å². The molecule has 20 heavy (non-hydrogen) atoms. The fraction of sp³-hybridized carbons (Fsp3) is 0.467. The Morgan fingerprint density at radius 3 is 2.70 bits per heavy atom. The maximum Gasteiger partial charge on any atom is 0.228 e. The van der Waals surface area contributed by atoms with Crippen molar-refractivity contribution in [3.05, 3.63) is 41.5 Å². The van der Waals surface area contributed by atoms with E-state index in [2.05, 4.69) is 41.3 Å². The summed E-state index contributed by atoms with van der Waals surface area (Å²) < 4.78 is 5.29. The summed E-state index contributed by atoms with van der Waals surface area (Å²) in [7, 11) is 0. The predicted molar refractivity (Wildman–Crippen MR) is 79.5 cm³/mol. The second-order valence-corrected chi connectivity index (χ2v) is 6.65. The molecule has 1 fully saturated rings. The molecular weight excluding hydrogens is 270 g/mol. The van der Waals surface area contributed by atoms with Gasteiger partial charge in [-0.15, -0.1) is 11.8 Å². The van der Waals surface area contributed by atoms with Gasteiger partial charge in [-0.05, 0) is 38.3 Å². The normalized spacial score (nSPS) is 16.9. The molecular formula is C15H19N3OS. The number of hydrogen-bond acceptors (Lipinski definition) is 5. The lowest BCUT2D eigenvalue weighted by Crippen LogP contribution is -2.48. The molecule has 2 aromatic rings. The quantitative estimate of drug-likeness (QED) is 0.857. The van der Waals surface area contributed by atoms with E-state index in [4.69, 9.17) is 10.3 Å². The van der Waals surface area contributed by atoms with Gasteiger partial charge in [-0.2, -0.15) is 4.98 Å². The van der Waals surface area contributed by atoms with E-state index in [0.717, 1.165) is 24.4 Å². The van der Waals surface area contributed by atoms with Gasteiger partial charge in [0.05, 0.1) is 5.75 Å². The van der Waals surface area contributed by atoms with Crippen molar-refractivity contribution in [1.29, 1.82) is 0 Å². The van der Waals surface area contributed by atoms with Crippen LogP contribution in [0, 0.1) is 6.92 Å². The molecule has 1 aliphatic carbocycles. The van der Waals surface area contributed by atoms with Gasteiger partial charge >= 0.3 is 0 Å². The molecule has 3 rings (SSSR count). The summed E-state index contributed by atoms with van der Waals surface area (Å²) in [5.41, 5.74) is 7.36. The minimum Gasteiger partial charge on any atom is -0.339 e. The van der Waals surface area contributed by atoms with Gasteiger partial charge in [-0.3, -0.25) is 0 Å². The summed E-state index contributed by atoms with van der Waals surface area (Å²) >= 11 is 1.72. The minimum absolute atomic E-state index is 0.103. The number of benzene rings is 1. The Bertz CT molecular complexity index is 575. The van der Waals surface area contributed by atoms with Crippen LogP contribution in [0.15, 0.2) is 33.7 Å². The van der Waals surface area contributed by atoms with Crippen LogP contribution in [-0.4, -0.2) is 15.7 Å². The third kappa shape index (κ3) is 3.22. The molecule has 0 spiro atoms. The molecule has 1 heterocycles. The van der Waals surface area contributed by atoms with Crippen LogP contribution in [0.3, 0.4) is 0 Å². The van der Waals surface area contributed by atoms with Crippen LogP contribution in [0.5, 0.6) is 0 Å². The van der Waals surface area contributed by atoms with Crippen LogP contribution in [0.1, 0.15) is 36.5 Å². The molecule has 0 bridgehead atoms. The van der Waals surface area contributed by atoms with E-state index < -0.39 is 0 Å². The molecule has 0 saturated heterocycles. The maximum absolute atomic E-state index is 6.19. The minimum atomic E-state index is -0.103. The van der Waals surface area contributed by atoms with Gasteiger partial charge in [0.15, 0.2) is 5.82 Å². The molecule has 5 heteroatoms. The lowest BCUT2D eigenvalue weighted by molar-refractivity contribution is 0.221. The zero-order valence-electron chi connectivity index (χ0n) is 11.6. The van der Waals surface area contributed by atoms with Crippen LogP contribution >= 0.6 is 11.8 Å². The Hall–Kier alpha value is -1.33. The largest absolute Gasteiger partial charge is 0.339 e. The Labute approximate surface area is 123 Å². The summed E-state index contributed by atoms with van der Waals surface area (Å²) in [6.07, 6.45) is 4.03. The second kappa shape index (κ2) is 5.58. The molecule has 1 aromatic carbocycles. The number of aryl methyl sites for hydroxylation is 1. The summed E-state index contributed by atoms with van der Waals surface area (Å²) in [5.74, 6) is 2.14. The Morgan fingerprint density at radius 1 is 1.30 bits per heavy atom. The van der Waals surface area contributed by atoms with Crippen LogP contribution in [0.25, 0.3) is 0 Å². The standard InChI is InChI=1S/C15H19N3OS/c1-11-3-5-12(6-4-11)20-10-13-17-14(19-18-13)9-15(16)7-2-8-15/h3-6H,2,7-10,16H2,1H3. The Kier molecular flexibility index (Phi) is 3.81. The van der Waals surface area contributed by atoms with Crippen LogP contribution in [-0.2, 0) is 12.2 Å². The fourth-order valence-electron chi connectivity index (χ4n) is 2.31. The van der Waals surface area contributed by atoms with Gasteiger partial charge in [-0.25, -0.2) is 0 Å². The lowest BCUT2D eigenvalue weighted by Gasteiger charge is -2.36. The average molecular weight is 289 g/mol.